The highest BCUT2D eigenvalue weighted by atomic mass is 79.9. The molecule has 1 aliphatic rings. The molecule has 3 heterocycles. The van der Waals surface area contributed by atoms with Crippen molar-refractivity contribution in [1.29, 1.82) is 0 Å². The predicted octanol–water partition coefficient (Wildman–Crippen LogP) is 4.28. The summed E-state index contributed by atoms with van der Waals surface area (Å²) in [5, 5.41) is 11.5. The van der Waals surface area contributed by atoms with Crippen molar-refractivity contribution in [2.75, 3.05) is 13.2 Å². The molecule has 1 unspecified atom stereocenters. The summed E-state index contributed by atoms with van der Waals surface area (Å²) in [6.07, 6.45) is 5.79. The van der Waals surface area contributed by atoms with Crippen LogP contribution >= 0.6 is 15.9 Å². The number of amides is 1. The number of benzene rings is 1. The van der Waals surface area contributed by atoms with Gasteiger partial charge >= 0.3 is 5.97 Å². The van der Waals surface area contributed by atoms with E-state index in [1.165, 1.54) is 4.90 Å². The molecule has 4 rings (SSSR count). The van der Waals surface area contributed by atoms with Crippen molar-refractivity contribution >= 4 is 39.3 Å². The maximum absolute atomic E-state index is 13.3. The fourth-order valence-corrected chi connectivity index (χ4v) is 5.04. The molecule has 3 aromatic rings. The number of likely N-dealkylation sites (tertiary alicyclic amines) is 1. The maximum atomic E-state index is 13.3. The number of hydrogen-bond donors (Lipinski definition) is 2. The van der Waals surface area contributed by atoms with E-state index >= 15 is 0 Å². The van der Waals surface area contributed by atoms with E-state index in [4.69, 9.17) is 4.74 Å². The van der Waals surface area contributed by atoms with E-state index < -0.39 is 23.7 Å². The van der Waals surface area contributed by atoms with Gasteiger partial charge < -0.3 is 24.3 Å². The molecule has 0 saturated carbocycles. The van der Waals surface area contributed by atoms with Gasteiger partial charge in [0.05, 0.1) is 24.5 Å². The van der Waals surface area contributed by atoms with Crippen LogP contribution in [-0.2, 0) is 20.9 Å². The highest BCUT2D eigenvalue weighted by molar-refractivity contribution is 9.10. The molecule has 0 bridgehead atoms. The Morgan fingerprint density at radius 1 is 1.25 bits per heavy atom. The molecule has 1 amide bonds. The smallest absolute Gasteiger partial charge is 0.355 e. The molecular weight excluding hydrogens is 528 g/mol. The number of rotatable bonds is 8. The van der Waals surface area contributed by atoms with Crippen LogP contribution in [0.3, 0.4) is 0 Å². The monoisotopic (exact) mass is 554 g/mol. The third kappa shape index (κ3) is 4.73. The fourth-order valence-electron chi connectivity index (χ4n) is 4.62. The SMILES string of the molecule is CCOC(=O)c1[nH]c(C)c(/C(O)=C2\C(=O)C(=O)N(CCCn3ccnc3)C2c2cccc(Br)c2)c1C. The Morgan fingerprint density at radius 3 is 2.69 bits per heavy atom. The highest BCUT2D eigenvalue weighted by Crippen LogP contribution is 2.41. The van der Waals surface area contributed by atoms with Gasteiger partial charge in [-0.15, -0.1) is 0 Å². The van der Waals surface area contributed by atoms with Crippen LogP contribution < -0.4 is 0 Å². The van der Waals surface area contributed by atoms with Gasteiger partial charge in [-0.1, -0.05) is 28.1 Å². The molecule has 0 radical (unpaired) electrons. The average Bonchev–Trinajstić information content (AvgIpc) is 3.52. The Balaban J connectivity index is 1.79. The number of aromatic nitrogens is 3. The number of ether oxygens (including phenoxy) is 1. The van der Waals surface area contributed by atoms with Crippen molar-refractivity contribution in [2.45, 2.75) is 39.8 Å². The quantitative estimate of drug-likeness (QED) is 0.186. The van der Waals surface area contributed by atoms with Crippen molar-refractivity contribution in [3.05, 3.63) is 81.1 Å². The van der Waals surface area contributed by atoms with Gasteiger partial charge in [0.1, 0.15) is 11.5 Å². The molecule has 2 N–H and O–H groups in total. The second kappa shape index (κ2) is 10.5. The van der Waals surface area contributed by atoms with Crippen molar-refractivity contribution < 1.29 is 24.2 Å². The molecule has 1 fully saturated rings. The zero-order chi connectivity index (χ0) is 26.0. The fraction of sp³-hybridized carbons (Fsp3) is 0.308. The van der Waals surface area contributed by atoms with Crippen LogP contribution in [0.5, 0.6) is 0 Å². The topological polar surface area (TPSA) is 118 Å². The molecule has 1 saturated heterocycles. The predicted molar refractivity (Wildman–Crippen MR) is 136 cm³/mol. The number of aliphatic hydroxyl groups is 1. The first kappa shape index (κ1) is 25.4. The molecular formula is C26H27BrN4O5. The molecule has 0 spiro atoms. The largest absolute Gasteiger partial charge is 0.507 e. The summed E-state index contributed by atoms with van der Waals surface area (Å²) >= 11 is 3.46. The number of aromatic amines is 1. The molecule has 1 atom stereocenters. The number of aliphatic hydroxyl groups excluding tert-OH is 1. The van der Waals surface area contributed by atoms with Gasteiger partial charge in [0, 0.05) is 41.2 Å². The number of aryl methyl sites for hydroxylation is 2. The minimum absolute atomic E-state index is 0.0126. The third-order valence-electron chi connectivity index (χ3n) is 6.23. The average molecular weight is 555 g/mol. The lowest BCUT2D eigenvalue weighted by Gasteiger charge is -2.25. The number of carbonyl (C=O) groups excluding carboxylic acids is 3. The number of nitrogens with one attached hydrogen (secondary N) is 1. The van der Waals surface area contributed by atoms with E-state index in [-0.39, 0.29) is 23.6 Å². The number of imidazole rings is 1. The second-order valence-corrected chi connectivity index (χ2v) is 9.46. The summed E-state index contributed by atoms with van der Waals surface area (Å²) in [7, 11) is 0. The highest BCUT2D eigenvalue weighted by Gasteiger charge is 2.46. The standard InChI is InChI=1S/C26H27BrN4O5/c1-4-36-26(35)21-15(2)19(16(3)29-21)23(32)20-22(17-7-5-8-18(27)13-17)31(25(34)24(20)33)11-6-10-30-12-9-28-14-30/h5,7-9,12-14,22,29,32H,4,6,10-11H2,1-3H3/b23-20+. The summed E-state index contributed by atoms with van der Waals surface area (Å²) in [6.45, 7) is 6.18. The van der Waals surface area contributed by atoms with Gasteiger partial charge in [0.25, 0.3) is 11.7 Å². The van der Waals surface area contributed by atoms with E-state index in [1.54, 1.807) is 33.3 Å². The van der Waals surface area contributed by atoms with Crippen LogP contribution in [0.15, 0.2) is 53.0 Å². The van der Waals surface area contributed by atoms with Crippen molar-refractivity contribution in [3.63, 3.8) is 0 Å². The van der Waals surface area contributed by atoms with Gasteiger partial charge in [0.2, 0.25) is 0 Å². The van der Waals surface area contributed by atoms with Crippen LogP contribution in [-0.4, -0.2) is 55.4 Å². The number of Topliss-reactive ketones (excluding diaryl/α,β-unsaturated/α-hetero) is 1. The summed E-state index contributed by atoms with van der Waals surface area (Å²) < 4.78 is 7.78. The number of esters is 1. The van der Waals surface area contributed by atoms with E-state index in [0.717, 1.165) is 4.47 Å². The summed E-state index contributed by atoms with van der Waals surface area (Å²) in [5.41, 5.74) is 2.12. The van der Waals surface area contributed by atoms with Crippen LogP contribution in [0.25, 0.3) is 5.76 Å². The number of halogens is 1. The van der Waals surface area contributed by atoms with Gasteiger partial charge in [-0.05, 0) is 50.5 Å². The molecule has 1 aromatic carbocycles. The maximum Gasteiger partial charge on any atom is 0.355 e. The Hall–Kier alpha value is -3.66. The Bertz CT molecular complexity index is 1340. The van der Waals surface area contributed by atoms with Crippen LogP contribution in [0.4, 0.5) is 0 Å². The number of hydrogen-bond acceptors (Lipinski definition) is 6. The second-order valence-electron chi connectivity index (χ2n) is 8.55. The summed E-state index contributed by atoms with van der Waals surface area (Å²) in [5.74, 6) is -2.32. The molecule has 36 heavy (non-hydrogen) atoms. The number of nitrogens with zero attached hydrogens (tertiary/aromatic N) is 3. The third-order valence-corrected chi connectivity index (χ3v) is 6.73. The Morgan fingerprint density at radius 2 is 2.03 bits per heavy atom. The van der Waals surface area contributed by atoms with Crippen molar-refractivity contribution in [2.24, 2.45) is 0 Å². The minimum Gasteiger partial charge on any atom is -0.507 e. The van der Waals surface area contributed by atoms with E-state index in [9.17, 15) is 19.5 Å². The van der Waals surface area contributed by atoms with Crippen molar-refractivity contribution in [1.82, 2.24) is 19.4 Å². The molecule has 0 aliphatic carbocycles. The molecule has 188 valence electrons. The van der Waals surface area contributed by atoms with E-state index in [0.29, 0.717) is 41.9 Å². The van der Waals surface area contributed by atoms with Crippen molar-refractivity contribution in [3.8, 4) is 0 Å². The van der Waals surface area contributed by atoms with E-state index in [2.05, 4.69) is 25.9 Å². The zero-order valence-corrected chi connectivity index (χ0v) is 21.8. The molecule has 10 heteroatoms. The summed E-state index contributed by atoms with van der Waals surface area (Å²) in [4.78, 5) is 47.4. The number of ketones is 1. The zero-order valence-electron chi connectivity index (χ0n) is 20.2. The molecule has 1 aliphatic heterocycles. The van der Waals surface area contributed by atoms with Gasteiger partial charge in [0.15, 0.2) is 0 Å². The lowest BCUT2D eigenvalue weighted by atomic mass is 9.94. The first-order chi connectivity index (χ1) is 17.2. The van der Waals surface area contributed by atoms with E-state index in [1.807, 2.05) is 35.0 Å². The lowest BCUT2D eigenvalue weighted by Crippen LogP contribution is -2.31. The number of carbonyl (C=O) groups is 3. The number of H-pyrrole nitrogens is 1. The minimum atomic E-state index is -0.787. The first-order valence-corrected chi connectivity index (χ1v) is 12.4. The normalized spacial score (nSPS) is 17.1. The molecule has 2 aromatic heterocycles. The lowest BCUT2D eigenvalue weighted by molar-refractivity contribution is -0.139. The first-order valence-electron chi connectivity index (χ1n) is 11.6. The Kier molecular flexibility index (Phi) is 7.44. The van der Waals surface area contributed by atoms with Gasteiger partial charge in [-0.3, -0.25) is 9.59 Å². The Labute approximate surface area is 216 Å². The van der Waals surface area contributed by atoms with Gasteiger partial charge in [-0.2, -0.15) is 0 Å². The van der Waals surface area contributed by atoms with Crippen LogP contribution in [0, 0.1) is 13.8 Å². The van der Waals surface area contributed by atoms with Crippen LogP contribution in [0.2, 0.25) is 0 Å². The van der Waals surface area contributed by atoms with Crippen LogP contribution in [0.1, 0.15) is 52.3 Å². The summed E-state index contributed by atoms with van der Waals surface area (Å²) in [6, 6.07) is 6.52. The molecule has 9 nitrogen and oxygen atoms in total. The van der Waals surface area contributed by atoms with Gasteiger partial charge in [-0.25, -0.2) is 9.78 Å².